The molecule has 0 saturated carbocycles. The SMILES string of the molecule is CCOc1cc(C(=O)NNc2ccc([N+](=O)[O-])cn2)cc(OCC)c1OCC. The van der Waals surface area contributed by atoms with Crippen LogP contribution in [0.5, 0.6) is 17.2 Å². The predicted octanol–water partition coefficient (Wildman–Crippen LogP) is 2.94. The van der Waals surface area contributed by atoms with E-state index in [9.17, 15) is 14.9 Å². The van der Waals surface area contributed by atoms with Gasteiger partial charge < -0.3 is 14.2 Å². The van der Waals surface area contributed by atoms with Gasteiger partial charge in [-0.3, -0.25) is 25.8 Å². The van der Waals surface area contributed by atoms with Crippen LogP contribution in [0.4, 0.5) is 11.5 Å². The van der Waals surface area contributed by atoms with Crippen LogP contribution in [0.3, 0.4) is 0 Å². The van der Waals surface area contributed by atoms with Crippen molar-refractivity contribution >= 4 is 17.4 Å². The van der Waals surface area contributed by atoms with Gasteiger partial charge in [-0.25, -0.2) is 4.98 Å². The van der Waals surface area contributed by atoms with E-state index in [1.165, 1.54) is 12.1 Å². The van der Waals surface area contributed by atoms with Gasteiger partial charge >= 0.3 is 0 Å². The lowest BCUT2D eigenvalue weighted by Gasteiger charge is -2.17. The Morgan fingerprint density at radius 2 is 1.68 bits per heavy atom. The van der Waals surface area contributed by atoms with Crippen molar-refractivity contribution in [2.45, 2.75) is 20.8 Å². The lowest BCUT2D eigenvalue weighted by Crippen LogP contribution is -2.29. The van der Waals surface area contributed by atoms with Gasteiger partial charge in [0.1, 0.15) is 12.0 Å². The second kappa shape index (κ2) is 9.95. The Labute approximate surface area is 161 Å². The number of hydrogen-bond donors (Lipinski definition) is 2. The summed E-state index contributed by atoms with van der Waals surface area (Å²) in [5.41, 5.74) is 5.22. The maximum Gasteiger partial charge on any atom is 0.287 e. The van der Waals surface area contributed by atoms with Crippen LogP contribution in [-0.4, -0.2) is 35.6 Å². The Morgan fingerprint density at radius 3 is 2.14 bits per heavy atom. The molecule has 1 aromatic heterocycles. The number of ether oxygens (including phenoxy) is 3. The van der Waals surface area contributed by atoms with Gasteiger partial charge in [-0.05, 0) is 39.0 Å². The molecule has 0 aliphatic rings. The summed E-state index contributed by atoms with van der Waals surface area (Å²) in [4.78, 5) is 26.5. The lowest BCUT2D eigenvalue weighted by atomic mass is 10.1. The van der Waals surface area contributed by atoms with Crippen LogP contribution in [0.15, 0.2) is 30.5 Å². The largest absolute Gasteiger partial charge is 0.490 e. The van der Waals surface area contributed by atoms with Crippen molar-refractivity contribution in [2.24, 2.45) is 0 Å². The first-order valence-electron chi connectivity index (χ1n) is 8.73. The summed E-state index contributed by atoms with van der Waals surface area (Å²) in [5.74, 6) is 1.01. The Bertz CT molecular complexity index is 798. The molecule has 10 heteroatoms. The third-order valence-corrected chi connectivity index (χ3v) is 3.43. The zero-order valence-electron chi connectivity index (χ0n) is 15.9. The zero-order chi connectivity index (χ0) is 20.5. The fourth-order valence-corrected chi connectivity index (χ4v) is 2.28. The molecule has 0 atom stereocenters. The molecule has 1 heterocycles. The van der Waals surface area contributed by atoms with Gasteiger partial charge in [0.25, 0.3) is 11.6 Å². The minimum absolute atomic E-state index is 0.147. The summed E-state index contributed by atoms with van der Waals surface area (Å²) in [5, 5.41) is 10.6. The molecule has 2 rings (SSSR count). The van der Waals surface area contributed by atoms with Gasteiger partial charge in [0, 0.05) is 11.6 Å². The van der Waals surface area contributed by atoms with Gasteiger partial charge in [-0.1, -0.05) is 0 Å². The van der Waals surface area contributed by atoms with Crippen molar-refractivity contribution in [3.8, 4) is 17.2 Å². The average Bonchev–Trinajstić information content (AvgIpc) is 2.69. The summed E-state index contributed by atoms with van der Waals surface area (Å²) < 4.78 is 16.8. The smallest absolute Gasteiger partial charge is 0.287 e. The van der Waals surface area contributed by atoms with Crippen molar-refractivity contribution in [1.29, 1.82) is 0 Å². The van der Waals surface area contributed by atoms with E-state index in [0.29, 0.717) is 37.1 Å². The second-order valence-electron chi connectivity index (χ2n) is 5.34. The van der Waals surface area contributed by atoms with Crippen molar-refractivity contribution in [2.75, 3.05) is 25.2 Å². The van der Waals surface area contributed by atoms with E-state index < -0.39 is 10.8 Å². The van der Waals surface area contributed by atoms with Crippen molar-refractivity contribution in [3.05, 3.63) is 46.1 Å². The highest BCUT2D eigenvalue weighted by Gasteiger charge is 2.18. The van der Waals surface area contributed by atoms with Crippen molar-refractivity contribution in [1.82, 2.24) is 10.4 Å². The average molecular weight is 390 g/mol. The van der Waals surface area contributed by atoms with Crippen LogP contribution in [-0.2, 0) is 0 Å². The second-order valence-corrected chi connectivity index (χ2v) is 5.34. The number of nitrogens with zero attached hydrogens (tertiary/aromatic N) is 2. The molecule has 0 spiro atoms. The molecule has 2 N–H and O–H groups in total. The number of benzene rings is 1. The van der Waals surface area contributed by atoms with Gasteiger partial charge in [0.05, 0.1) is 24.7 Å². The van der Waals surface area contributed by atoms with Crippen molar-refractivity contribution < 1.29 is 23.9 Å². The molecular formula is C18H22N4O6. The van der Waals surface area contributed by atoms with Gasteiger partial charge in [0.15, 0.2) is 11.5 Å². The third-order valence-electron chi connectivity index (χ3n) is 3.43. The first kappa shape index (κ1) is 20.7. The first-order chi connectivity index (χ1) is 13.5. The van der Waals surface area contributed by atoms with E-state index in [4.69, 9.17) is 14.2 Å². The lowest BCUT2D eigenvalue weighted by molar-refractivity contribution is -0.385. The first-order valence-corrected chi connectivity index (χ1v) is 8.73. The van der Waals surface area contributed by atoms with Gasteiger partial charge in [-0.2, -0.15) is 0 Å². The number of amides is 1. The quantitative estimate of drug-likeness (QED) is 0.469. The molecule has 1 amide bonds. The molecule has 150 valence electrons. The summed E-state index contributed by atoms with van der Waals surface area (Å²) in [6, 6.07) is 5.77. The molecule has 10 nitrogen and oxygen atoms in total. The van der Waals surface area contributed by atoms with E-state index in [0.717, 1.165) is 6.20 Å². The molecule has 0 saturated heterocycles. The Hall–Kier alpha value is -3.56. The third kappa shape index (κ3) is 5.22. The number of aromatic nitrogens is 1. The van der Waals surface area contributed by atoms with Gasteiger partial charge in [0.2, 0.25) is 5.75 Å². The fraction of sp³-hybridized carbons (Fsp3) is 0.333. The Balaban J connectivity index is 2.19. The monoisotopic (exact) mass is 390 g/mol. The highest BCUT2D eigenvalue weighted by molar-refractivity contribution is 5.96. The Kier molecular flexibility index (Phi) is 7.37. The highest BCUT2D eigenvalue weighted by atomic mass is 16.6. The maximum atomic E-state index is 12.5. The van der Waals surface area contributed by atoms with Crippen LogP contribution in [0.2, 0.25) is 0 Å². The van der Waals surface area contributed by atoms with Crippen LogP contribution >= 0.6 is 0 Å². The number of rotatable bonds is 10. The summed E-state index contributed by atoms with van der Waals surface area (Å²) >= 11 is 0. The standard InChI is InChI=1S/C18H22N4O6/c1-4-26-14-9-12(10-15(27-5-2)17(14)28-6-3)18(23)21-20-16-8-7-13(11-19-16)22(24)25/h7-11H,4-6H2,1-3H3,(H,19,20)(H,21,23). The molecule has 0 unspecified atom stereocenters. The van der Waals surface area contributed by atoms with E-state index in [1.807, 2.05) is 20.8 Å². The predicted molar refractivity (Wildman–Crippen MR) is 102 cm³/mol. The van der Waals surface area contributed by atoms with E-state index in [1.54, 1.807) is 12.1 Å². The van der Waals surface area contributed by atoms with E-state index in [-0.39, 0.29) is 17.1 Å². The van der Waals surface area contributed by atoms with Gasteiger partial charge in [-0.15, -0.1) is 0 Å². The van der Waals surface area contributed by atoms with Crippen LogP contribution in [0, 0.1) is 10.1 Å². The molecule has 2 aromatic rings. The molecule has 0 bridgehead atoms. The number of hydrazine groups is 1. The number of nitro groups is 1. The number of pyridine rings is 1. The molecule has 0 aliphatic carbocycles. The molecule has 28 heavy (non-hydrogen) atoms. The van der Waals surface area contributed by atoms with E-state index >= 15 is 0 Å². The van der Waals surface area contributed by atoms with Crippen LogP contribution in [0.1, 0.15) is 31.1 Å². The van der Waals surface area contributed by atoms with E-state index in [2.05, 4.69) is 15.8 Å². The van der Waals surface area contributed by atoms with Crippen molar-refractivity contribution in [3.63, 3.8) is 0 Å². The van der Waals surface area contributed by atoms with Crippen LogP contribution in [0.25, 0.3) is 0 Å². The zero-order valence-corrected chi connectivity index (χ0v) is 15.9. The maximum absolute atomic E-state index is 12.5. The molecule has 0 radical (unpaired) electrons. The summed E-state index contributed by atoms with van der Waals surface area (Å²) in [6.45, 7) is 6.69. The van der Waals surface area contributed by atoms with Crippen LogP contribution < -0.4 is 25.1 Å². The minimum atomic E-state index is -0.556. The normalized spacial score (nSPS) is 10.1. The number of anilines is 1. The summed E-state index contributed by atoms with van der Waals surface area (Å²) in [6.07, 6.45) is 1.09. The molecule has 0 fully saturated rings. The minimum Gasteiger partial charge on any atom is -0.490 e. The number of carbonyl (C=O) groups is 1. The number of carbonyl (C=O) groups excluding carboxylic acids is 1. The molecular weight excluding hydrogens is 368 g/mol. The highest BCUT2D eigenvalue weighted by Crippen LogP contribution is 2.39. The number of nitrogens with one attached hydrogen (secondary N) is 2. The fourth-order valence-electron chi connectivity index (χ4n) is 2.28. The number of hydrogen-bond acceptors (Lipinski definition) is 8. The topological polar surface area (TPSA) is 125 Å². The summed E-state index contributed by atoms with van der Waals surface area (Å²) in [7, 11) is 0. The Morgan fingerprint density at radius 1 is 1.07 bits per heavy atom. The molecule has 1 aromatic carbocycles. The molecule has 0 aliphatic heterocycles.